The molecule has 0 aliphatic heterocycles. The van der Waals surface area contributed by atoms with E-state index in [1.54, 1.807) is 0 Å². The number of allylic oxidation sites excluding steroid dienone is 2. The summed E-state index contributed by atoms with van der Waals surface area (Å²) in [6.45, 7) is 8.92. The predicted octanol–water partition coefficient (Wildman–Crippen LogP) is 3.35. The van der Waals surface area contributed by atoms with Crippen molar-refractivity contribution in [1.82, 2.24) is 0 Å². The van der Waals surface area contributed by atoms with Gasteiger partial charge in [-0.3, -0.25) is 4.79 Å². The summed E-state index contributed by atoms with van der Waals surface area (Å²) >= 11 is 0. The Morgan fingerprint density at radius 3 is 2.50 bits per heavy atom. The molecule has 14 heavy (non-hydrogen) atoms. The number of ketones is 1. The zero-order valence-corrected chi connectivity index (χ0v) is 9.68. The molecule has 0 aromatic heterocycles. The summed E-state index contributed by atoms with van der Waals surface area (Å²) in [4.78, 5) is 11.8. The fourth-order valence-electron chi connectivity index (χ4n) is 3.33. The van der Waals surface area contributed by atoms with Crippen LogP contribution in [-0.4, -0.2) is 5.78 Å². The van der Waals surface area contributed by atoms with E-state index in [2.05, 4.69) is 27.7 Å². The SMILES string of the molecule is C[C@H]1C(=O)C=C2C(C)(C)CCC[C@]21C. The van der Waals surface area contributed by atoms with Crippen molar-refractivity contribution in [1.29, 1.82) is 0 Å². The van der Waals surface area contributed by atoms with Crippen LogP contribution in [0, 0.1) is 16.7 Å². The van der Waals surface area contributed by atoms with E-state index in [0.717, 1.165) is 0 Å². The topological polar surface area (TPSA) is 17.1 Å². The van der Waals surface area contributed by atoms with Crippen LogP contribution in [0.4, 0.5) is 0 Å². The van der Waals surface area contributed by atoms with Crippen LogP contribution in [0.25, 0.3) is 0 Å². The van der Waals surface area contributed by atoms with Gasteiger partial charge in [0.2, 0.25) is 0 Å². The molecule has 0 radical (unpaired) electrons. The van der Waals surface area contributed by atoms with Crippen molar-refractivity contribution < 1.29 is 4.79 Å². The minimum atomic E-state index is 0.166. The van der Waals surface area contributed by atoms with Gasteiger partial charge in [0.25, 0.3) is 0 Å². The van der Waals surface area contributed by atoms with Gasteiger partial charge in [-0.05, 0) is 29.7 Å². The third-order valence-corrected chi connectivity index (χ3v) is 4.51. The van der Waals surface area contributed by atoms with Crippen molar-refractivity contribution in [2.24, 2.45) is 16.7 Å². The van der Waals surface area contributed by atoms with Crippen LogP contribution in [0.5, 0.6) is 0 Å². The molecule has 0 aromatic carbocycles. The first-order valence-electron chi connectivity index (χ1n) is 5.64. The maximum absolute atomic E-state index is 11.8. The highest BCUT2D eigenvalue weighted by molar-refractivity contribution is 5.96. The number of hydrogen-bond acceptors (Lipinski definition) is 1. The molecule has 0 amide bonds. The molecule has 0 aromatic rings. The molecule has 0 saturated heterocycles. The minimum Gasteiger partial charge on any atom is -0.295 e. The molecular weight excluding hydrogens is 172 g/mol. The fourth-order valence-corrected chi connectivity index (χ4v) is 3.33. The number of hydrogen-bond donors (Lipinski definition) is 0. The lowest BCUT2D eigenvalue weighted by atomic mass is 9.59. The standard InChI is InChI=1S/C13H20O/c1-9-10(14)8-11-12(2,3)6-5-7-13(9,11)4/h8-9H,5-7H2,1-4H3/t9-,13-/m0/s1. The van der Waals surface area contributed by atoms with E-state index in [4.69, 9.17) is 0 Å². The van der Waals surface area contributed by atoms with Gasteiger partial charge in [-0.25, -0.2) is 0 Å². The first-order chi connectivity index (χ1) is 6.38. The van der Waals surface area contributed by atoms with Gasteiger partial charge in [-0.2, -0.15) is 0 Å². The van der Waals surface area contributed by atoms with Gasteiger partial charge in [0.1, 0.15) is 0 Å². The fraction of sp³-hybridized carbons (Fsp3) is 0.769. The highest BCUT2D eigenvalue weighted by atomic mass is 16.1. The lowest BCUT2D eigenvalue weighted by Gasteiger charge is -2.45. The van der Waals surface area contributed by atoms with Crippen LogP contribution in [0.2, 0.25) is 0 Å². The van der Waals surface area contributed by atoms with Gasteiger partial charge >= 0.3 is 0 Å². The molecule has 2 aliphatic carbocycles. The second-order valence-electron chi connectivity index (χ2n) is 5.84. The molecule has 1 heteroatoms. The van der Waals surface area contributed by atoms with Crippen molar-refractivity contribution in [2.45, 2.75) is 47.0 Å². The molecule has 0 spiro atoms. The zero-order valence-electron chi connectivity index (χ0n) is 9.68. The maximum Gasteiger partial charge on any atom is 0.159 e. The highest BCUT2D eigenvalue weighted by Gasteiger charge is 2.50. The third kappa shape index (κ3) is 1.11. The molecule has 0 N–H and O–H groups in total. The number of carbonyl (C=O) groups is 1. The first kappa shape index (κ1) is 9.95. The molecule has 1 nitrogen and oxygen atoms in total. The van der Waals surface area contributed by atoms with Crippen LogP contribution in [0.1, 0.15) is 47.0 Å². The number of carbonyl (C=O) groups excluding carboxylic acids is 1. The molecule has 2 aliphatic rings. The summed E-state index contributed by atoms with van der Waals surface area (Å²) in [6.07, 6.45) is 5.62. The largest absolute Gasteiger partial charge is 0.295 e. The molecule has 78 valence electrons. The summed E-state index contributed by atoms with van der Waals surface area (Å²) in [7, 11) is 0. The number of rotatable bonds is 0. The number of fused-ring (bicyclic) bond motifs is 1. The summed E-state index contributed by atoms with van der Waals surface area (Å²) in [6, 6.07) is 0. The molecule has 1 fully saturated rings. The second-order valence-corrected chi connectivity index (χ2v) is 5.84. The van der Waals surface area contributed by atoms with Crippen LogP contribution in [0.15, 0.2) is 11.6 Å². The van der Waals surface area contributed by atoms with Gasteiger partial charge < -0.3 is 0 Å². The Labute approximate surface area is 86.6 Å². The van der Waals surface area contributed by atoms with E-state index in [9.17, 15) is 4.79 Å². The summed E-state index contributed by atoms with van der Waals surface area (Å²) in [5.41, 5.74) is 1.82. The molecule has 2 atom stereocenters. The quantitative estimate of drug-likeness (QED) is 0.575. The van der Waals surface area contributed by atoms with Crippen LogP contribution < -0.4 is 0 Å². The molecule has 2 rings (SSSR count). The zero-order chi connectivity index (χ0) is 10.6. The van der Waals surface area contributed by atoms with Crippen LogP contribution in [0.3, 0.4) is 0 Å². The lowest BCUT2D eigenvalue weighted by Crippen LogP contribution is -2.36. The Morgan fingerprint density at radius 1 is 1.29 bits per heavy atom. The van der Waals surface area contributed by atoms with Gasteiger partial charge in [-0.15, -0.1) is 0 Å². The second kappa shape index (κ2) is 2.71. The van der Waals surface area contributed by atoms with E-state index in [0.29, 0.717) is 5.78 Å². The first-order valence-corrected chi connectivity index (χ1v) is 5.64. The highest BCUT2D eigenvalue weighted by Crippen LogP contribution is 2.57. The van der Waals surface area contributed by atoms with Crippen LogP contribution >= 0.6 is 0 Å². The Morgan fingerprint density at radius 2 is 1.93 bits per heavy atom. The van der Waals surface area contributed by atoms with Crippen molar-refractivity contribution in [3.05, 3.63) is 11.6 Å². The average molecular weight is 192 g/mol. The normalized spacial score (nSPS) is 40.7. The maximum atomic E-state index is 11.8. The van der Waals surface area contributed by atoms with Crippen molar-refractivity contribution in [2.75, 3.05) is 0 Å². The summed E-state index contributed by atoms with van der Waals surface area (Å²) in [5.74, 6) is 0.551. The molecule has 1 saturated carbocycles. The van der Waals surface area contributed by atoms with E-state index < -0.39 is 0 Å². The van der Waals surface area contributed by atoms with Crippen LogP contribution in [-0.2, 0) is 4.79 Å². The van der Waals surface area contributed by atoms with Crippen molar-refractivity contribution in [3.8, 4) is 0 Å². The molecule has 0 bridgehead atoms. The smallest absolute Gasteiger partial charge is 0.159 e. The van der Waals surface area contributed by atoms with Gasteiger partial charge in [0.15, 0.2) is 5.78 Å². The Kier molecular flexibility index (Phi) is 1.93. The van der Waals surface area contributed by atoms with E-state index in [-0.39, 0.29) is 16.7 Å². The predicted molar refractivity (Wildman–Crippen MR) is 58.0 cm³/mol. The van der Waals surface area contributed by atoms with E-state index in [1.807, 2.05) is 6.08 Å². The third-order valence-electron chi connectivity index (χ3n) is 4.51. The summed E-state index contributed by atoms with van der Waals surface area (Å²) < 4.78 is 0. The van der Waals surface area contributed by atoms with E-state index >= 15 is 0 Å². The van der Waals surface area contributed by atoms with E-state index in [1.165, 1.54) is 24.8 Å². The van der Waals surface area contributed by atoms with Crippen molar-refractivity contribution in [3.63, 3.8) is 0 Å². The van der Waals surface area contributed by atoms with Crippen molar-refractivity contribution >= 4 is 5.78 Å². The Bertz CT molecular complexity index is 311. The molecule has 0 heterocycles. The average Bonchev–Trinajstić information content (AvgIpc) is 2.30. The molecular formula is C13H20O. The lowest BCUT2D eigenvalue weighted by molar-refractivity contribution is -0.119. The van der Waals surface area contributed by atoms with Gasteiger partial charge in [-0.1, -0.05) is 39.7 Å². The monoisotopic (exact) mass is 192 g/mol. The molecule has 0 unspecified atom stereocenters. The Hall–Kier alpha value is -0.590. The van der Waals surface area contributed by atoms with Gasteiger partial charge in [0, 0.05) is 5.92 Å². The van der Waals surface area contributed by atoms with Gasteiger partial charge in [0.05, 0.1) is 0 Å². The minimum absolute atomic E-state index is 0.166. The Balaban J connectivity index is 2.47. The summed E-state index contributed by atoms with van der Waals surface area (Å²) in [5, 5.41) is 0.